The molecule has 0 atom stereocenters. The monoisotopic (exact) mass is 222 g/mol. The Morgan fingerprint density at radius 2 is 1.92 bits per heavy atom. The van der Waals surface area contributed by atoms with Gasteiger partial charge in [-0.3, -0.25) is 0 Å². The van der Waals surface area contributed by atoms with Crippen molar-refractivity contribution >= 4 is 79.7 Å². The van der Waals surface area contributed by atoms with E-state index in [4.69, 9.17) is 18.0 Å². The summed E-state index contributed by atoms with van der Waals surface area (Å²) in [5.41, 5.74) is 6.59. The number of thioether (sulfide) groups is 1. The van der Waals surface area contributed by atoms with Crippen molar-refractivity contribution in [2.45, 2.75) is 5.75 Å². The van der Waals surface area contributed by atoms with Crippen molar-refractivity contribution in [3.05, 3.63) is 35.9 Å². The van der Waals surface area contributed by atoms with Gasteiger partial charge in [0.05, 0.1) is 0 Å². The number of nitrogens with two attached hydrogens (primary N) is 1. The molecule has 0 amide bonds. The quantitative estimate of drug-likeness (QED) is 0.610. The van der Waals surface area contributed by atoms with Crippen LogP contribution in [-0.4, -0.2) is 55.7 Å². The number of hydrogen-bond donors (Lipinski definition) is 1. The smallest absolute Gasteiger partial charge is 0.131 e. The summed E-state index contributed by atoms with van der Waals surface area (Å²) in [6.07, 6.45) is 0. The molecule has 1 aromatic rings. The zero-order chi connectivity index (χ0) is 8.10. The molecule has 1 aromatic carbocycles. The van der Waals surface area contributed by atoms with Crippen LogP contribution in [0.5, 0.6) is 0 Å². The van der Waals surface area contributed by atoms with Gasteiger partial charge in [-0.05, 0) is 5.56 Å². The van der Waals surface area contributed by atoms with E-state index in [1.807, 2.05) is 18.2 Å². The molecule has 12 heavy (non-hydrogen) atoms. The third-order valence-electron chi connectivity index (χ3n) is 1.22. The third-order valence-corrected chi connectivity index (χ3v) is 2.34. The third kappa shape index (κ3) is 5.69. The summed E-state index contributed by atoms with van der Waals surface area (Å²) >= 11 is 6.23. The molecule has 0 aromatic heterocycles. The van der Waals surface area contributed by atoms with Gasteiger partial charge in [0.25, 0.3) is 0 Å². The maximum absolute atomic E-state index is 5.33. The number of rotatable bonds is 2. The Morgan fingerprint density at radius 1 is 1.33 bits per heavy atom. The minimum atomic E-state index is 0. The van der Waals surface area contributed by atoms with Crippen LogP contribution >= 0.6 is 24.0 Å². The summed E-state index contributed by atoms with van der Waals surface area (Å²) in [5.74, 6) is 0.871. The van der Waals surface area contributed by atoms with Crippen molar-refractivity contribution in [3.63, 3.8) is 0 Å². The first kappa shape index (κ1) is 13.1. The van der Waals surface area contributed by atoms with Crippen LogP contribution in [0, 0.1) is 0 Å². The van der Waals surface area contributed by atoms with Crippen LogP contribution in [0.1, 0.15) is 5.56 Å². The molecule has 0 unspecified atom stereocenters. The Bertz CT molecular complexity index is 238. The van der Waals surface area contributed by atoms with Gasteiger partial charge in [0.1, 0.15) is 4.32 Å². The summed E-state index contributed by atoms with van der Waals surface area (Å²) in [6.45, 7) is 0. The van der Waals surface area contributed by atoms with E-state index >= 15 is 0 Å². The van der Waals surface area contributed by atoms with Gasteiger partial charge in [-0.15, -0.1) is 0 Å². The minimum absolute atomic E-state index is 0. The van der Waals surface area contributed by atoms with Crippen molar-refractivity contribution in [3.8, 4) is 0 Å². The molecule has 0 saturated carbocycles. The van der Waals surface area contributed by atoms with Crippen LogP contribution in [-0.2, 0) is 5.75 Å². The molecule has 0 spiro atoms. The molecule has 0 aliphatic carbocycles. The van der Waals surface area contributed by atoms with Gasteiger partial charge in [0.2, 0.25) is 0 Å². The average Bonchev–Trinajstić information content (AvgIpc) is 2.03. The molecular weight excluding hydrogens is 213 g/mol. The summed E-state index contributed by atoms with van der Waals surface area (Å²) in [7, 11) is 0. The Balaban J connectivity index is 0.00000121. The molecular formula is C8H9KNS2. The fourth-order valence-electron chi connectivity index (χ4n) is 0.729. The van der Waals surface area contributed by atoms with Crippen LogP contribution in [0.4, 0.5) is 0 Å². The van der Waals surface area contributed by atoms with Crippen molar-refractivity contribution in [1.29, 1.82) is 0 Å². The van der Waals surface area contributed by atoms with Crippen molar-refractivity contribution in [2.75, 3.05) is 0 Å². The van der Waals surface area contributed by atoms with Crippen molar-refractivity contribution in [1.82, 2.24) is 0 Å². The second kappa shape index (κ2) is 7.50. The van der Waals surface area contributed by atoms with Gasteiger partial charge in [-0.2, -0.15) is 0 Å². The van der Waals surface area contributed by atoms with Crippen molar-refractivity contribution < 1.29 is 0 Å². The fourth-order valence-corrected chi connectivity index (χ4v) is 1.41. The van der Waals surface area contributed by atoms with E-state index in [1.54, 1.807) is 0 Å². The van der Waals surface area contributed by atoms with Crippen LogP contribution in [0.3, 0.4) is 0 Å². The Kier molecular flexibility index (Phi) is 8.18. The molecule has 4 heteroatoms. The predicted molar refractivity (Wildman–Crippen MR) is 60.3 cm³/mol. The molecule has 2 N–H and O–H groups in total. The maximum Gasteiger partial charge on any atom is 0.131 e. The number of thiocarbonyl (C=S) groups is 1. The van der Waals surface area contributed by atoms with E-state index in [0.29, 0.717) is 4.32 Å². The van der Waals surface area contributed by atoms with Gasteiger partial charge >= 0.3 is 0 Å². The molecule has 1 rings (SSSR count). The first-order valence-electron chi connectivity index (χ1n) is 3.25. The maximum atomic E-state index is 5.33. The van der Waals surface area contributed by atoms with E-state index in [2.05, 4.69) is 12.1 Å². The summed E-state index contributed by atoms with van der Waals surface area (Å²) in [6, 6.07) is 10.1. The van der Waals surface area contributed by atoms with E-state index in [1.165, 1.54) is 17.3 Å². The molecule has 59 valence electrons. The standard InChI is InChI=1S/C8H9NS2.K/c9-8(10)11-6-7-4-2-1-3-5-7;/h1-5H,6H2,(H2,9,10);. The molecule has 0 saturated heterocycles. The first-order chi connectivity index (χ1) is 5.29. The van der Waals surface area contributed by atoms with Crippen molar-refractivity contribution in [2.24, 2.45) is 5.73 Å². The Labute approximate surface area is 125 Å². The summed E-state index contributed by atoms with van der Waals surface area (Å²) in [4.78, 5) is 0. The Morgan fingerprint density at radius 3 is 2.42 bits per heavy atom. The summed E-state index contributed by atoms with van der Waals surface area (Å²) in [5, 5.41) is 0. The molecule has 1 radical (unpaired) electrons. The summed E-state index contributed by atoms with van der Waals surface area (Å²) < 4.78 is 0.508. The van der Waals surface area contributed by atoms with Gasteiger partial charge in [-0.25, -0.2) is 0 Å². The van der Waals surface area contributed by atoms with E-state index in [9.17, 15) is 0 Å². The zero-order valence-corrected chi connectivity index (χ0v) is 11.7. The van der Waals surface area contributed by atoms with Crippen LogP contribution < -0.4 is 5.73 Å². The fraction of sp³-hybridized carbons (Fsp3) is 0.125. The zero-order valence-electron chi connectivity index (χ0n) is 6.99. The second-order valence-electron chi connectivity index (χ2n) is 2.09. The van der Waals surface area contributed by atoms with E-state index in [0.717, 1.165) is 5.75 Å². The Hall–Kier alpha value is 1.10. The van der Waals surface area contributed by atoms with Gasteiger partial charge in [0, 0.05) is 57.1 Å². The molecule has 1 nitrogen and oxygen atoms in total. The molecule has 0 heterocycles. The van der Waals surface area contributed by atoms with Gasteiger partial charge < -0.3 is 5.73 Å². The van der Waals surface area contributed by atoms with Crippen LogP contribution in [0.25, 0.3) is 0 Å². The number of benzene rings is 1. The molecule has 0 aliphatic heterocycles. The van der Waals surface area contributed by atoms with Crippen LogP contribution in [0.15, 0.2) is 30.3 Å². The molecule has 0 fully saturated rings. The second-order valence-corrected chi connectivity index (χ2v) is 3.81. The topological polar surface area (TPSA) is 26.0 Å². The minimum Gasteiger partial charge on any atom is -0.385 e. The molecule has 0 aliphatic rings. The normalized spacial score (nSPS) is 8.67. The average molecular weight is 222 g/mol. The number of hydrogen-bond acceptors (Lipinski definition) is 2. The molecule has 0 bridgehead atoms. The van der Waals surface area contributed by atoms with E-state index in [-0.39, 0.29) is 51.4 Å². The largest absolute Gasteiger partial charge is 0.385 e. The SMILES string of the molecule is NC(=S)SCc1ccccc1.[K]. The van der Waals surface area contributed by atoms with Crippen LogP contribution in [0.2, 0.25) is 0 Å². The van der Waals surface area contributed by atoms with Gasteiger partial charge in [0.15, 0.2) is 0 Å². The predicted octanol–water partition coefficient (Wildman–Crippen LogP) is 1.78. The van der Waals surface area contributed by atoms with E-state index < -0.39 is 0 Å². The first-order valence-corrected chi connectivity index (χ1v) is 4.64. The van der Waals surface area contributed by atoms with Gasteiger partial charge in [-0.1, -0.05) is 54.3 Å².